The summed E-state index contributed by atoms with van der Waals surface area (Å²) >= 11 is 0. The van der Waals surface area contributed by atoms with E-state index in [1.165, 1.54) is 26.3 Å². The van der Waals surface area contributed by atoms with Gasteiger partial charge in [0.05, 0.1) is 11.1 Å². The number of aliphatic imine (C=N–C) groups is 2. The minimum atomic E-state index is -0.662. The first kappa shape index (κ1) is 38.6. The van der Waals surface area contributed by atoms with Crippen molar-refractivity contribution in [2.45, 2.75) is 67.5 Å². The quantitative estimate of drug-likeness (QED) is 0.0705. The molecule has 2 atom stereocenters. The molecule has 0 aromatic heterocycles. The van der Waals surface area contributed by atoms with Crippen LogP contribution in [0.5, 0.6) is 0 Å². The van der Waals surface area contributed by atoms with Gasteiger partial charge < -0.3 is 10.2 Å². The van der Waals surface area contributed by atoms with Crippen molar-refractivity contribution >= 4 is 24.0 Å². The average molecular weight is 700 g/mol. The number of aliphatic hydroxyl groups is 2. The molecule has 0 heterocycles. The fourth-order valence-electron chi connectivity index (χ4n) is 6.29. The number of aryl methyl sites for hydroxylation is 6. The van der Waals surface area contributed by atoms with E-state index in [4.69, 9.17) is 9.98 Å². The summed E-state index contributed by atoms with van der Waals surface area (Å²) in [6.07, 6.45) is 2.86. The Morgan fingerprint density at radius 1 is 0.551 bits per heavy atom. The second-order valence-corrected chi connectivity index (χ2v) is 12.5. The summed E-state index contributed by atoms with van der Waals surface area (Å²) in [4.78, 5) is 37.7. The number of hydrogen-bond donors (Lipinski definition) is 2. The molecule has 4 aromatic carbocycles. The van der Waals surface area contributed by atoms with Gasteiger partial charge in [0.15, 0.2) is 11.6 Å². The molecule has 6 nitrogen and oxygen atoms in total. The van der Waals surface area contributed by atoms with Gasteiger partial charge in [0.2, 0.25) is 0 Å². The van der Waals surface area contributed by atoms with E-state index in [1.807, 2.05) is 126 Å². The van der Waals surface area contributed by atoms with Crippen LogP contribution in [0.25, 0.3) is 0 Å². The summed E-state index contributed by atoms with van der Waals surface area (Å²) in [5, 5.41) is 21.5. The second-order valence-electron chi connectivity index (χ2n) is 12.5. The van der Waals surface area contributed by atoms with Crippen LogP contribution in [0.4, 0.5) is 0 Å². The number of ketones is 2. The maximum Gasteiger partial charge on any atom is 0.198 e. The fraction of sp³-hybridized carbons (Fsp3) is 0.238. The summed E-state index contributed by atoms with van der Waals surface area (Å²) in [6, 6.07) is 25.6. The van der Waals surface area contributed by atoms with E-state index < -0.39 is 12.1 Å². The van der Waals surface area contributed by atoms with E-state index in [0.29, 0.717) is 11.1 Å². The molecule has 0 aliphatic carbocycles. The molecule has 0 amide bonds. The molecule has 0 fully saturated rings. The molecule has 255 valence electrons. The van der Waals surface area contributed by atoms with E-state index in [0.717, 1.165) is 44.5 Å². The summed E-state index contributed by atoms with van der Waals surface area (Å²) < 4.78 is 0. The maximum atomic E-state index is 13.9. The third kappa shape index (κ3) is 9.19. The van der Waals surface area contributed by atoms with Crippen LogP contribution in [-0.4, -0.2) is 34.2 Å². The van der Waals surface area contributed by atoms with E-state index >= 15 is 0 Å². The number of rotatable bonds is 11. The Kier molecular flexibility index (Phi) is 13.4. The fourth-order valence-corrected chi connectivity index (χ4v) is 6.29. The standard InChI is InChI=1S/C42H44N2O4.Co/c1-25-19-27(3)37(28(4)20-25)41(47)35(31(7)45)23-43-39(33-15-11-9-12-16-33)40(34-17-13-10-14-18-34)44-24-36(32(8)46)42(48)38-29(5)21-26(2)22-30(38)6;/h9-24,39-40,45-46H,1-8H3;/b35-31+,36-32+,43-23?,44-24?;/t39-,40-;/m0./s1. The Morgan fingerprint density at radius 3 is 1.10 bits per heavy atom. The van der Waals surface area contributed by atoms with Crippen LogP contribution in [0.3, 0.4) is 0 Å². The van der Waals surface area contributed by atoms with E-state index in [2.05, 4.69) is 0 Å². The van der Waals surface area contributed by atoms with Crippen molar-refractivity contribution in [3.8, 4) is 0 Å². The van der Waals surface area contributed by atoms with Crippen LogP contribution >= 0.6 is 0 Å². The zero-order valence-electron chi connectivity index (χ0n) is 29.3. The average Bonchev–Trinajstić information content (AvgIpc) is 3.01. The van der Waals surface area contributed by atoms with Crippen molar-refractivity contribution < 1.29 is 36.6 Å². The molecule has 0 unspecified atom stereocenters. The number of Topliss-reactive ketones (excluding diaryl/α,β-unsaturated/α-hetero) is 2. The minimum absolute atomic E-state index is 0. The summed E-state index contributed by atoms with van der Waals surface area (Å²) in [7, 11) is 0. The third-order valence-corrected chi connectivity index (χ3v) is 8.39. The van der Waals surface area contributed by atoms with Gasteiger partial charge in [-0.25, -0.2) is 0 Å². The molecule has 4 aromatic rings. The van der Waals surface area contributed by atoms with Crippen molar-refractivity contribution in [1.29, 1.82) is 0 Å². The molecule has 49 heavy (non-hydrogen) atoms. The molecule has 7 heteroatoms. The number of nitrogens with zero attached hydrogens (tertiary/aromatic N) is 2. The first-order valence-electron chi connectivity index (χ1n) is 16.0. The van der Waals surface area contributed by atoms with E-state index in [1.54, 1.807) is 0 Å². The Morgan fingerprint density at radius 2 is 0.837 bits per heavy atom. The predicted octanol–water partition coefficient (Wildman–Crippen LogP) is 9.89. The van der Waals surface area contributed by atoms with Gasteiger partial charge in [0.25, 0.3) is 0 Å². The topological polar surface area (TPSA) is 99.3 Å². The molecule has 0 aliphatic rings. The third-order valence-electron chi connectivity index (χ3n) is 8.39. The molecule has 0 aliphatic heterocycles. The monoisotopic (exact) mass is 699 g/mol. The zero-order chi connectivity index (χ0) is 35.1. The van der Waals surface area contributed by atoms with Gasteiger partial charge in [-0.2, -0.15) is 0 Å². The van der Waals surface area contributed by atoms with Crippen LogP contribution in [0.15, 0.2) is 118 Å². The molecule has 0 saturated carbocycles. The van der Waals surface area contributed by atoms with Gasteiger partial charge in [-0.3, -0.25) is 19.6 Å². The van der Waals surface area contributed by atoms with Gasteiger partial charge in [-0.05, 0) is 88.8 Å². The van der Waals surface area contributed by atoms with E-state index in [9.17, 15) is 19.8 Å². The summed E-state index contributed by atoms with van der Waals surface area (Å²) in [6.45, 7) is 14.5. The smallest absolute Gasteiger partial charge is 0.198 e. The molecule has 4 rings (SSSR count). The molecular formula is C42H44CoN2O4. The first-order valence-corrected chi connectivity index (χ1v) is 16.0. The van der Waals surface area contributed by atoms with Gasteiger partial charge in [-0.15, -0.1) is 0 Å². The molecular weight excluding hydrogens is 655 g/mol. The minimum Gasteiger partial charge on any atom is -0.512 e. The van der Waals surface area contributed by atoms with Crippen molar-refractivity contribution in [3.63, 3.8) is 0 Å². The number of aliphatic hydroxyl groups excluding tert-OH is 2. The Labute approximate surface area is 300 Å². The van der Waals surface area contributed by atoms with Crippen molar-refractivity contribution in [3.05, 3.63) is 163 Å². The normalized spacial score (nSPS) is 13.8. The summed E-state index contributed by atoms with van der Waals surface area (Å²) in [5.74, 6) is -0.942. The molecule has 0 bridgehead atoms. The predicted molar refractivity (Wildman–Crippen MR) is 196 cm³/mol. The molecule has 0 saturated heterocycles. The van der Waals surface area contributed by atoms with Crippen molar-refractivity contribution in [1.82, 2.24) is 0 Å². The van der Waals surface area contributed by atoms with Crippen LogP contribution in [-0.2, 0) is 16.8 Å². The van der Waals surface area contributed by atoms with Gasteiger partial charge in [-0.1, -0.05) is 96.1 Å². The van der Waals surface area contributed by atoms with Crippen LogP contribution in [0, 0.1) is 41.5 Å². The summed E-state index contributed by atoms with van der Waals surface area (Å²) in [5.41, 5.74) is 8.20. The van der Waals surface area contributed by atoms with Crippen LogP contribution < -0.4 is 0 Å². The van der Waals surface area contributed by atoms with Gasteiger partial charge >= 0.3 is 0 Å². The van der Waals surface area contributed by atoms with E-state index in [-0.39, 0.29) is 51.0 Å². The molecule has 1 radical (unpaired) electrons. The van der Waals surface area contributed by atoms with Crippen LogP contribution in [0.1, 0.15) is 91.2 Å². The number of carbonyl (C=O) groups excluding carboxylic acids is 2. The van der Waals surface area contributed by atoms with Gasteiger partial charge in [0, 0.05) is 40.3 Å². The first-order chi connectivity index (χ1) is 22.8. The molecule has 2 N–H and O–H groups in total. The maximum absolute atomic E-state index is 13.9. The Hall–Kier alpha value is -4.85. The van der Waals surface area contributed by atoms with Crippen molar-refractivity contribution in [2.24, 2.45) is 9.98 Å². The SMILES string of the molecule is C/C(O)=C(/C=N[C@@H](c1ccccc1)[C@@H](N=C/C(C(=O)c1c(C)cc(C)cc1C)=C(/C)O)c1ccccc1)C(=O)c1c(C)cc(C)cc1C.[Co]. The largest absolute Gasteiger partial charge is 0.512 e. The Balaban J connectivity index is 0.00000650. The van der Waals surface area contributed by atoms with Crippen molar-refractivity contribution in [2.75, 3.05) is 0 Å². The number of carbonyl (C=O) groups is 2. The number of allylic oxidation sites excluding steroid dienone is 4. The van der Waals surface area contributed by atoms with Crippen LogP contribution in [0.2, 0.25) is 0 Å². The van der Waals surface area contributed by atoms with Gasteiger partial charge in [0.1, 0.15) is 23.6 Å². The zero-order valence-corrected chi connectivity index (χ0v) is 30.4. The Bertz CT molecular complexity index is 1760. The second kappa shape index (κ2) is 17.0. The molecule has 0 spiro atoms. The number of benzene rings is 4. The number of hydrogen-bond acceptors (Lipinski definition) is 6.